The molecule has 0 aromatic carbocycles. The van der Waals surface area contributed by atoms with Gasteiger partial charge in [-0.05, 0) is 26.2 Å². The minimum atomic E-state index is -0.252. The second-order valence-electron chi connectivity index (χ2n) is 6.80. The Kier molecular flexibility index (Phi) is 4.01. The summed E-state index contributed by atoms with van der Waals surface area (Å²) in [6.45, 7) is 3.84. The number of anilines is 1. The Bertz CT molecular complexity index is 592. The van der Waals surface area contributed by atoms with Crippen molar-refractivity contribution in [3.63, 3.8) is 0 Å². The summed E-state index contributed by atoms with van der Waals surface area (Å²) in [5.41, 5.74) is 1.56. The predicted octanol–water partition coefficient (Wildman–Crippen LogP) is 3.07. The maximum atomic E-state index is 12.6. The van der Waals surface area contributed by atoms with E-state index in [4.69, 9.17) is 14.6 Å². The lowest BCUT2D eigenvalue weighted by atomic mass is 9.85. The molecule has 126 valence electrons. The van der Waals surface area contributed by atoms with Crippen LogP contribution in [0.15, 0.2) is 0 Å². The summed E-state index contributed by atoms with van der Waals surface area (Å²) in [5, 5.41) is 8.27. The number of nitrogens with one attached hydrogen (secondary N) is 1. The van der Waals surface area contributed by atoms with Gasteiger partial charge in [0.2, 0.25) is 0 Å². The second-order valence-corrected chi connectivity index (χ2v) is 6.80. The molecule has 1 aromatic rings. The van der Waals surface area contributed by atoms with E-state index in [0.717, 1.165) is 43.9 Å². The van der Waals surface area contributed by atoms with Crippen LogP contribution in [0.4, 0.5) is 5.82 Å². The molecular weight excluding hydrogens is 294 g/mol. The average Bonchev–Trinajstić information content (AvgIpc) is 3.19. The molecule has 1 N–H and O–H groups in total. The van der Waals surface area contributed by atoms with Crippen LogP contribution in [0.2, 0.25) is 0 Å². The molecule has 0 amide bonds. The number of rotatable bonds is 3. The Hall–Kier alpha value is -1.56. The van der Waals surface area contributed by atoms with Crippen molar-refractivity contribution in [3.8, 4) is 0 Å². The first-order chi connectivity index (χ1) is 11.3. The first kappa shape index (κ1) is 15.0. The number of carbonyl (C=O) groups is 1. The standard InChI is InChI=1S/C17H25N3O3/c1-2-22-17(21)13-14(11-6-4-3-5-7-11)19-20-15(13)18-10-12-8-9-23-16(12)20/h11-12,16,18H,2-10H2,1H3. The number of hydrogen-bond acceptors (Lipinski definition) is 5. The van der Waals surface area contributed by atoms with Crippen LogP contribution in [0.3, 0.4) is 0 Å². The molecule has 23 heavy (non-hydrogen) atoms. The Morgan fingerprint density at radius 3 is 2.96 bits per heavy atom. The molecule has 2 aliphatic heterocycles. The zero-order valence-corrected chi connectivity index (χ0v) is 13.7. The van der Waals surface area contributed by atoms with E-state index in [1.807, 2.05) is 11.6 Å². The topological polar surface area (TPSA) is 65.4 Å². The zero-order chi connectivity index (χ0) is 15.8. The molecule has 1 aliphatic carbocycles. The lowest BCUT2D eigenvalue weighted by Gasteiger charge is -2.27. The van der Waals surface area contributed by atoms with Gasteiger partial charge in [0.15, 0.2) is 6.23 Å². The quantitative estimate of drug-likeness (QED) is 0.867. The molecular formula is C17H25N3O3. The minimum absolute atomic E-state index is 0.0308. The fourth-order valence-electron chi connectivity index (χ4n) is 4.19. The summed E-state index contributed by atoms with van der Waals surface area (Å²) in [7, 11) is 0. The molecule has 1 aromatic heterocycles. The highest BCUT2D eigenvalue weighted by molar-refractivity contribution is 5.96. The van der Waals surface area contributed by atoms with Gasteiger partial charge in [0, 0.05) is 25.0 Å². The largest absolute Gasteiger partial charge is 0.462 e. The van der Waals surface area contributed by atoms with Gasteiger partial charge < -0.3 is 14.8 Å². The SMILES string of the molecule is CCOC(=O)c1c(C2CCCCC2)nn2c1NCC1CCOC12. The molecule has 0 spiro atoms. The van der Waals surface area contributed by atoms with E-state index in [1.54, 1.807) is 0 Å². The van der Waals surface area contributed by atoms with Crippen molar-refractivity contribution in [1.82, 2.24) is 9.78 Å². The summed E-state index contributed by atoms with van der Waals surface area (Å²) in [5.74, 6) is 1.35. The molecule has 1 saturated heterocycles. The van der Waals surface area contributed by atoms with Crippen molar-refractivity contribution in [2.24, 2.45) is 5.92 Å². The Labute approximate surface area is 136 Å². The van der Waals surface area contributed by atoms with Gasteiger partial charge >= 0.3 is 5.97 Å². The second kappa shape index (κ2) is 6.15. The van der Waals surface area contributed by atoms with Crippen molar-refractivity contribution in [2.45, 2.75) is 57.6 Å². The van der Waals surface area contributed by atoms with Crippen LogP contribution in [0.25, 0.3) is 0 Å². The Morgan fingerprint density at radius 1 is 1.35 bits per heavy atom. The molecule has 6 nitrogen and oxygen atoms in total. The van der Waals surface area contributed by atoms with Crippen LogP contribution >= 0.6 is 0 Å². The highest BCUT2D eigenvalue weighted by atomic mass is 16.5. The van der Waals surface area contributed by atoms with Crippen LogP contribution in [0.5, 0.6) is 0 Å². The lowest BCUT2D eigenvalue weighted by Crippen LogP contribution is -2.31. The number of aromatic nitrogens is 2. The third kappa shape index (κ3) is 2.53. The summed E-state index contributed by atoms with van der Waals surface area (Å²) < 4.78 is 13.1. The summed E-state index contributed by atoms with van der Waals surface area (Å²) in [4.78, 5) is 12.6. The molecule has 3 aliphatic rings. The molecule has 3 heterocycles. The van der Waals surface area contributed by atoms with Gasteiger partial charge in [-0.2, -0.15) is 5.10 Å². The summed E-state index contributed by atoms with van der Waals surface area (Å²) >= 11 is 0. The Morgan fingerprint density at radius 2 is 2.17 bits per heavy atom. The lowest BCUT2D eigenvalue weighted by molar-refractivity contribution is 0.0220. The maximum absolute atomic E-state index is 12.6. The van der Waals surface area contributed by atoms with Crippen molar-refractivity contribution < 1.29 is 14.3 Å². The molecule has 0 bridgehead atoms. The molecule has 2 atom stereocenters. The van der Waals surface area contributed by atoms with E-state index >= 15 is 0 Å². The van der Waals surface area contributed by atoms with Crippen LogP contribution in [-0.2, 0) is 9.47 Å². The van der Waals surface area contributed by atoms with Gasteiger partial charge in [-0.25, -0.2) is 9.48 Å². The van der Waals surface area contributed by atoms with Crippen LogP contribution in [-0.4, -0.2) is 35.5 Å². The molecule has 0 radical (unpaired) electrons. The van der Waals surface area contributed by atoms with Crippen molar-refractivity contribution in [2.75, 3.05) is 25.1 Å². The third-order valence-electron chi connectivity index (χ3n) is 5.36. The smallest absolute Gasteiger partial charge is 0.343 e. The predicted molar refractivity (Wildman–Crippen MR) is 85.6 cm³/mol. The minimum Gasteiger partial charge on any atom is -0.462 e. The van der Waals surface area contributed by atoms with Gasteiger partial charge in [-0.15, -0.1) is 0 Å². The average molecular weight is 319 g/mol. The van der Waals surface area contributed by atoms with E-state index in [-0.39, 0.29) is 12.2 Å². The number of hydrogen-bond donors (Lipinski definition) is 1. The normalized spacial score (nSPS) is 27.2. The highest BCUT2D eigenvalue weighted by Gasteiger charge is 2.40. The van der Waals surface area contributed by atoms with Gasteiger partial charge in [-0.1, -0.05) is 19.3 Å². The molecule has 2 fully saturated rings. The molecule has 2 unspecified atom stereocenters. The van der Waals surface area contributed by atoms with Crippen LogP contribution in [0, 0.1) is 5.92 Å². The number of ether oxygens (including phenoxy) is 2. The van der Waals surface area contributed by atoms with Crippen LogP contribution in [0.1, 0.15) is 73.6 Å². The third-order valence-corrected chi connectivity index (χ3v) is 5.36. The number of fused-ring (bicyclic) bond motifs is 3. The monoisotopic (exact) mass is 319 g/mol. The number of carbonyl (C=O) groups excluding carboxylic acids is 1. The highest BCUT2D eigenvalue weighted by Crippen LogP contribution is 2.42. The molecule has 4 rings (SSSR count). The van der Waals surface area contributed by atoms with Gasteiger partial charge in [0.05, 0.1) is 12.3 Å². The summed E-state index contributed by atoms with van der Waals surface area (Å²) in [6, 6.07) is 0. The Balaban J connectivity index is 1.76. The van der Waals surface area contributed by atoms with Crippen molar-refractivity contribution >= 4 is 11.8 Å². The maximum Gasteiger partial charge on any atom is 0.343 e. The van der Waals surface area contributed by atoms with E-state index in [1.165, 1.54) is 19.3 Å². The van der Waals surface area contributed by atoms with Gasteiger partial charge in [0.25, 0.3) is 0 Å². The van der Waals surface area contributed by atoms with E-state index in [9.17, 15) is 4.79 Å². The number of nitrogens with zero attached hydrogens (tertiary/aromatic N) is 2. The first-order valence-electron chi connectivity index (χ1n) is 8.94. The fourth-order valence-corrected chi connectivity index (χ4v) is 4.19. The fraction of sp³-hybridized carbons (Fsp3) is 0.765. The van der Waals surface area contributed by atoms with Crippen molar-refractivity contribution in [3.05, 3.63) is 11.3 Å². The first-order valence-corrected chi connectivity index (χ1v) is 8.94. The van der Waals surface area contributed by atoms with Gasteiger partial charge in [0.1, 0.15) is 11.4 Å². The van der Waals surface area contributed by atoms with Gasteiger partial charge in [-0.3, -0.25) is 0 Å². The van der Waals surface area contributed by atoms with Crippen molar-refractivity contribution in [1.29, 1.82) is 0 Å². The summed E-state index contributed by atoms with van der Waals surface area (Å²) in [6.07, 6.45) is 6.94. The van der Waals surface area contributed by atoms with E-state index in [0.29, 0.717) is 24.0 Å². The molecule has 6 heteroatoms. The van der Waals surface area contributed by atoms with E-state index < -0.39 is 0 Å². The molecule has 1 saturated carbocycles. The van der Waals surface area contributed by atoms with Crippen LogP contribution < -0.4 is 5.32 Å². The van der Waals surface area contributed by atoms with E-state index in [2.05, 4.69) is 5.32 Å². The number of esters is 1. The zero-order valence-electron chi connectivity index (χ0n) is 13.7.